The molecule has 0 fully saturated rings. The van der Waals surface area contributed by atoms with E-state index in [1.54, 1.807) is 38.5 Å². The summed E-state index contributed by atoms with van der Waals surface area (Å²) in [6.45, 7) is 3.49. The van der Waals surface area contributed by atoms with E-state index >= 15 is 0 Å². The van der Waals surface area contributed by atoms with Crippen molar-refractivity contribution in [3.63, 3.8) is 0 Å². The van der Waals surface area contributed by atoms with Gasteiger partial charge in [-0.2, -0.15) is 0 Å². The van der Waals surface area contributed by atoms with Crippen LogP contribution < -0.4 is 10.0 Å². The maximum absolute atomic E-state index is 12.4. The molecule has 27 heavy (non-hydrogen) atoms. The largest absolute Gasteiger partial charge is 0.322 e. The third-order valence-electron chi connectivity index (χ3n) is 3.75. The van der Waals surface area contributed by atoms with Crippen molar-refractivity contribution in [1.82, 2.24) is 14.3 Å². The van der Waals surface area contributed by atoms with E-state index in [2.05, 4.69) is 15.0 Å². The Labute approximate surface area is 158 Å². The summed E-state index contributed by atoms with van der Waals surface area (Å²) in [5.74, 6) is -0.314. The first kappa shape index (κ1) is 18.8. The Kier molecular flexibility index (Phi) is 5.38. The average molecular weight is 384 g/mol. The fourth-order valence-corrected chi connectivity index (χ4v) is 3.75. The molecule has 3 rings (SSSR count). The molecule has 1 heterocycles. The molecule has 3 aromatic rings. The third kappa shape index (κ3) is 4.60. The van der Waals surface area contributed by atoms with Crippen LogP contribution in [0.1, 0.15) is 24.2 Å². The highest BCUT2D eigenvalue weighted by atomic mass is 32.2. The van der Waals surface area contributed by atoms with Gasteiger partial charge in [0.2, 0.25) is 10.0 Å². The van der Waals surface area contributed by atoms with Crippen molar-refractivity contribution in [2.24, 2.45) is 0 Å². The van der Waals surface area contributed by atoms with Crippen LogP contribution >= 0.6 is 0 Å². The number of nitrogens with one attached hydrogen (secondary N) is 2. The molecule has 0 unspecified atom stereocenters. The summed E-state index contributed by atoms with van der Waals surface area (Å²) in [5.41, 5.74) is 1.94. The van der Waals surface area contributed by atoms with E-state index in [1.807, 2.05) is 22.9 Å². The maximum Gasteiger partial charge on any atom is 0.255 e. The minimum absolute atomic E-state index is 0.123. The molecule has 7 nitrogen and oxygen atoms in total. The van der Waals surface area contributed by atoms with Crippen LogP contribution in [0.25, 0.3) is 5.69 Å². The third-order valence-corrected chi connectivity index (χ3v) is 5.42. The van der Waals surface area contributed by atoms with Gasteiger partial charge in [0.15, 0.2) is 0 Å². The number of anilines is 1. The molecule has 0 aliphatic carbocycles. The van der Waals surface area contributed by atoms with Crippen molar-refractivity contribution in [3.05, 3.63) is 72.8 Å². The van der Waals surface area contributed by atoms with Gasteiger partial charge in [0.25, 0.3) is 5.91 Å². The first-order valence-corrected chi connectivity index (χ1v) is 9.85. The van der Waals surface area contributed by atoms with Gasteiger partial charge in [-0.05, 0) is 62.4 Å². The molecule has 0 atom stereocenters. The Bertz CT molecular complexity index is 1010. The van der Waals surface area contributed by atoms with Gasteiger partial charge in [-0.3, -0.25) is 4.79 Å². The Morgan fingerprint density at radius 1 is 1.04 bits per heavy atom. The number of amides is 1. The van der Waals surface area contributed by atoms with Crippen molar-refractivity contribution >= 4 is 21.6 Å². The molecular weight excluding hydrogens is 364 g/mol. The van der Waals surface area contributed by atoms with Crippen LogP contribution in [0.15, 0.2) is 72.1 Å². The van der Waals surface area contributed by atoms with Crippen LogP contribution in [0.2, 0.25) is 0 Å². The van der Waals surface area contributed by atoms with Crippen LogP contribution in [0.5, 0.6) is 0 Å². The highest BCUT2D eigenvalue weighted by Crippen LogP contribution is 2.16. The lowest BCUT2D eigenvalue weighted by Crippen LogP contribution is -2.30. The summed E-state index contributed by atoms with van der Waals surface area (Å²) >= 11 is 0. The Morgan fingerprint density at radius 2 is 1.70 bits per heavy atom. The van der Waals surface area contributed by atoms with Gasteiger partial charge in [-0.25, -0.2) is 18.1 Å². The molecule has 0 radical (unpaired) electrons. The number of hydrogen-bond acceptors (Lipinski definition) is 4. The average Bonchev–Trinajstić information content (AvgIpc) is 3.16. The van der Waals surface area contributed by atoms with Crippen molar-refractivity contribution in [3.8, 4) is 5.69 Å². The van der Waals surface area contributed by atoms with Crippen molar-refractivity contribution < 1.29 is 13.2 Å². The second-order valence-corrected chi connectivity index (χ2v) is 7.99. The monoisotopic (exact) mass is 384 g/mol. The quantitative estimate of drug-likeness (QED) is 0.683. The second-order valence-electron chi connectivity index (χ2n) is 6.27. The molecule has 1 aromatic heterocycles. The topological polar surface area (TPSA) is 93.1 Å². The molecule has 8 heteroatoms. The predicted molar refractivity (Wildman–Crippen MR) is 103 cm³/mol. The summed E-state index contributed by atoms with van der Waals surface area (Å²) in [6.07, 6.45) is 5.21. The van der Waals surface area contributed by atoms with E-state index in [-0.39, 0.29) is 16.8 Å². The Balaban J connectivity index is 1.69. The fourth-order valence-electron chi connectivity index (χ4n) is 2.50. The SMILES string of the molecule is CC(C)NS(=O)(=O)c1ccc(C(=O)Nc2ccc(-n3ccnc3)cc2)cc1. The molecule has 1 amide bonds. The van der Waals surface area contributed by atoms with E-state index in [4.69, 9.17) is 0 Å². The standard InChI is InChI=1S/C19H20N4O3S/c1-14(2)22-27(25,26)18-9-3-15(4-10-18)19(24)21-16-5-7-17(8-6-16)23-12-11-20-13-23/h3-14,22H,1-2H3,(H,21,24). The lowest BCUT2D eigenvalue weighted by Gasteiger charge is -2.10. The van der Waals surface area contributed by atoms with Gasteiger partial charge in [0.05, 0.1) is 11.2 Å². The summed E-state index contributed by atoms with van der Waals surface area (Å²) in [5, 5.41) is 2.79. The van der Waals surface area contributed by atoms with Crippen LogP contribution in [0.3, 0.4) is 0 Å². The first-order valence-electron chi connectivity index (χ1n) is 8.37. The minimum Gasteiger partial charge on any atom is -0.322 e. The number of nitrogens with zero attached hydrogens (tertiary/aromatic N) is 2. The molecule has 0 saturated heterocycles. The van der Waals surface area contributed by atoms with Crippen LogP contribution in [0, 0.1) is 0 Å². The second kappa shape index (κ2) is 7.73. The number of rotatable bonds is 6. The smallest absolute Gasteiger partial charge is 0.255 e. The van der Waals surface area contributed by atoms with Crippen LogP contribution in [-0.4, -0.2) is 29.9 Å². The number of benzene rings is 2. The van der Waals surface area contributed by atoms with E-state index in [0.29, 0.717) is 11.3 Å². The number of carbonyl (C=O) groups is 1. The van der Waals surface area contributed by atoms with E-state index in [9.17, 15) is 13.2 Å². The number of carbonyl (C=O) groups excluding carboxylic acids is 1. The molecule has 2 N–H and O–H groups in total. The summed E-state index contributed by atoms with van der Waals surface area (Å²) in [7, 11) is -3.58. The molecule has 0 spiro atoms. The van der Waals surface area contributed by atoms with Gasteiger partial charge in [-0.15, -0.1) is 0 Å². The lowest BCUT2D eigenvalue weighted by molar-refractivity contribution is 0.102. The van der Waals surface area contributed by atoms with Crippen molar-refractivity contribution in [2.45, 2.75) is 24.8 Å². The zero-order chi connectivity index (χ0) is 19.4. The van der Waals surface area contributed by atoms with Gasteiger partial charge < -0.3 is 9.88 Å². The highest BCUT2D eigenvalue weighted by molar-refractivity contribution is 7.89. The zero-order valence-electron chi connectivity index (χ0n) is 15.0. The zero-order valence-corrected chi connectivity index (χ0v) is 15.8. The number of imidazole rings is 1. The molecule has 2 aromatic carbocycles. The summed E-state index contributed by atoms with van der Waals surface area (Å²) in [6, 6.07) is 12.9. The summed E-state index contributed by atoms with van der Waals surface area (Å²) in [4.78, 5) is 16.5. The van der Waals surface area contributed by atoms with Crippen LogP contribution in [0.4, 0.5) is 5.69 Å². The normalized spacial score (nSPS) is 11.5. The van der Waals surface area contributed by atoms with Crippen molar-refractivity contribution in [1.29, 1.82) is 0 Å². The van der Waals surface area contributed by atoms with Crippen molar-refractivity contribution in [2.75, 3.05) is 5.32 Å². The predicted octanol–water partition coefficient (Wildman–Crippen LogP) is 2.81. The molecule has 0 aliphatic heterocycles. The van der Waals surface area contributed by atoms with Gasteiger partial charge >= 0.3 is 0 Å². The molecule has 140 valence electrons. The van der Waals surface area contributed by atoms with E-state index < -0.39 is 10.0 Å². The molecule has 0 aliphatic rings. The van der Waals surface area contributed by atoms with Gasteiger partial charge in [0, 0.05) is 35.4 Å². The number of sulfonamides is 1. The Morgan fingerprint density at radius 3 is 2.26 bits per heavy atom. The number of hydrogen-bond donors (Lipinski definition) is 2. The van der Waals surface area contributed by atoms with E-state index in [1.165, 1.54) is 24.3 Å². The number of aromatic nitrogens is 2. The van der Waals surface area contributed by atoms with Gasteiger partial charge in [0.1, 0.15) is 0 Å². The maximum atomic E-state index is 12.4. The molecule has 0 bridgehead atoms. The molecule has 0 saturated carbocycles. The minimum atomic E-state index is -3.58. The summed E-state index contributed by atoms with van der Waals surface area (Å²) < 4.78 is 28.6. The lowest BCUT2D eigenvalue weighted by atomic mass is 10.2. The Hall–Kier alpha value is -2.97. The van der Waals surface area contributed by atoms with E-state index in [0.717, 1.165) is 5.69 Å². The fraction of sp³-hybridized carbons (Fsp3) is 0.158. The van der Waals surface area contributed by atoms with Crippen LogP contribution in [-0.2, 0) is 10.0 Å². The molecular formula is C19H20N4O3S. The van der Waals surface area contributed by atoms with Gasteiger partial charge in [-0.1, -0.05) is 0 Å². The highest BCUT2D eigenvalue weighted by Gasteiger charge is 2.16. The first-order chi connectivity index (χ1) is 12.8.